The molecule has 136 valence electrons. The Morgan fingerprint density at radius 3 is 2.23 bits per heavy atom. The molecule has 0 atom stereocenters. The molecule has 1 aromatic heterocycles. The molecule has 0 spiro atoms. The van der Waals surface area contributed by atoms with E-state index >= 15 is 0 Å². The lowest BCUT2D eigenvalue weighted by Gasteiger charge is -2.56. The summed E-state index contributed by atoms with van der Waals surface area (Å²) >= 11 is 6.43. The van der Waals surface area contributed by atoms with Gasteiger partial charge in [-0.3, -0.25) is 4.79 Å². The third kappa shape index (κ3) is 2.52. The quantitative estimate of drug-likeness (QED) is 0.790. The second-order valence-electron chi connectivity index (χ2n) is 8.40. The third-order valence-corrected chi connectivity index (χ3v) is 6.89. The van der Waals surface area contributed by atoms with Crippen LogP contribution in [0, 0.1) is 17.8 Å². The van der Waals surface area contributed by atoms with Gasteiger partial charge in [0.2, 0.25) is 0 Å². The molecule has 0 aliphatic heterocycles. The second kappa shape index (κ2) is 5.74. The van der Waals surface area contributed by atoms with Gasteiger partial charge in [0.05, 0.1) is 17.4 Å². The van der Waals surface area contributed by atoms with E-state index in [4.69, 9.17) is 11.6 Å². The van der Waals surface area contributed by atoms with E-state index in [2.05, 4.69) is 10.4 Å². The molecule has 0 saturated heterocycles. The molecular weight excluding hydrogens is 350 g/mol. The summed E-state index contributed by atoms with van der Waals surface area (Å²) in [7, 11) is 0. The van der Waals surface area contributed by atoms with Crippen molar-refractivity contribution in [1.82, 2.24) is 9.78 Å². The molecule has 0 radical (unpaired) electrons. The van der Waals surface area contributed by atoms with Gasteiger partial charge in [0, 0.05) is 5.69 Å². The van der Waals surface area contributed by atoms with Crippen molar-refractivity contribution in [1.29, 1.82) is 0 Å². The highest BCUT2D eigenvalue weighted by molar-refractivity contribution is 6.33. The molecule has 6 rings (SSSR count). The molecule has 26 heavy (non-hydrogen) atoms. The van der Waals surface area contributed by atoms with Gasteiger partial charge in [0.25, 0.3) is 5.56 Å². The number of phenols is 1. The topological polar surface area (TPSA) is 67.2 Å². The highest BCUT2D eigenvalue weighted by Crippen LogP contribution is 2.58. The highest BCUT2D eigenvalue weighted by Gasteiger charge is 2.53. The normalized spacial score (nSPS) is 32.0. The van der Waals surface area contributed by atoms with Crippen molar-refractivity contribution in [3.63, 3.8) is 0 Å². The second-order valence-corrected chi connectivity index (χ2v) is 8.78. The molecule has 0 amide bonds. The van der Waals surface area contributed by atoms with Crippen molar-refractivity contribution >= 4 is 23.0 Å². The average molecular weight is 372 g/mol. The summed E-state index contributed by atoms with van der Waals surface area (Å²) in [6, 6.07) is 6.63. The highest BCUT2D eigenvalue weighted by atomic mass is 35.5. The fourth-order valence-corrected chi connectivity index (χ4v) is 6.06. The predicted molar refractivity (Wildman–Crippen MR) is 101 cm³/mol. The lowest BCUT2D eigenvalue weighted by Crippen LogP contribution is -2.55. The Morgan fingerprint density at radius 1 is 1.08 bits per heavy atom. The van der Waals surface area contributed by atoms with Crippen molar-refractivity contribution < 1.29 is 5.11 Å². The number of nitrogens with zero attached hydrogens (tertiary/aromatic N) is 2. The zero-order valence-corrected chi connectivity index (χ0v) is 15.2. The molecule has 1 heterocycles. The first-order chi connectivity index (χ1) is 12.5. The van der Waals surface area contributed by atoms with Gasteiger partial charge < -0.3 is 10.4 Å². The van der Waals surface area contributed by atoms with E-state index < -0.39 is 0 Å². The molecule has 1 aromatic carbocycles. The number of benzene rings is 1. The van der Waals surface area contributed by atoms with Crippen LogP contribution in [0.4, 0.5) is 11.4 Å². The van der Waals surface area contributed by atoms with Gasteiger partial charge in [0.1, 0.15) is 10.8 Å². The molecule has 4 fully saturated rings. The fraction of sp³-hybridized carbons (Fsp3) is 0.500. The lowest BCUT2D eigenvalue weighted by molar-refractivity contribution is -0.0518. The third-order valence-electron chi connectivity index (χ3n) is 6.52. The molecule has 4 bridgehead atoms. The minimum absolute atomic E-state index is 0.132. The van der Waals surface area contributed by atoms with E-state index in [0.29, 0.717) is 5.69 Å². The average Bonchev–Trinajstić information content (AvgIpc) is 2.59. The van der Waals surface area contributed by atoms with Crippen LogP contribution in [0.25, 0.3) is 0 Å². The molecule has 0 unspecified atom stereocenters. The summed E-state index contributed by atoms with van der Waals surface area (Å²) in [5, 5.41) is 17.2. The molecule has 2 aromatic rings. The zero-order chi connectivity index (χ0) is 17.9. The van der Waals surface area contributed by atoms with E-state index in [9.17, 15) is 9.90 Å². The van der Waals surface area contributed by atoms with Crippen LogP contribution in [-0.2, 0) is 5.54 Å². The summed E-state index contributed by atoms with van der Waals surface area (Å²) in [5.41, 5.74) is 0.922. The van der Waals surface area contributed by atoms with Crippen molar-refractivity contribution in [2.75, 3.05) is 5.32 Å². The number of rotatable bonds is 3. The predicted octanol–water partition coefficient (Wildman–Crippen LogP) is 4.27. The van der Waals surface area contributed by atoms with Gasteiger partial charge >= 0.3 is 0 Å². The monoisotopic (exact) mass is 371 g/mol. The Bertz CT molecular complexity index is 871. The number of phenolic OH excluding ortho intramolecular Hbond substituents is 1. The molecule has 6 heteroatoms. The van der Waals surface area contributed by atoms with Gasteiger partial charge in [-0.1, -0.05) is 11.6 Å². The van der Waals surface area contributed by atoms with Gasteiger partial charge in [-0.15, -0.1) is 0 Å². The number of aromatic nitrogens is 2. The van der Waals surface area contributed by atoms with Crippen LogP contribution < -0.4 is 10.9 Å². The number of nitrogens with one attached hydrogen (secondary N) is 1. The zero-order valence-electron chi connectivity index (χ0n) is 14.5. The van der Waals surface area contributed by atoms with Crippen LogP contribution in [0.15, 0.2) is 35.3 Å². The maximum Gasteiger partial charge on any atom is 0.288 e. The molecule has 2 N–H and O–H groups in total. The number of hydrogen-bond acceptors (Lipinski definition) is 4. The van der Waals surface area contributed by atoms with Gasteiger partial charge in [-0.2, -0.15) is 5.10 Å². The Kier molecular flexibility index (Phi) is 3.58. The first-order valence-electron chi connectivity index (χ1n) is 9.37. The first kappa shape index (κ1) is 16.2. The van der Waals surface area contributed by atoms with Crippen molar-refractivity contribution in [2.24, 2.45) is 17.8 Å². The summed E-state index contributed by atoms with van der Waals surface area (Å²) in [6.45, 7) is 0. The number of halogens is 1. The largest absolute Gasteiger partial charge is 0.508 e. The SMILES string of the molecule is O=c1c(Cl)c(Nc2ccc(O)cc2)cnn1C12CC3CC(CC(C3)C1)C2. The Morgan fingerprint density at radius 2 is 1.65 bits per heavy atom. The summed E-state index contributed by atoms with van der Waals surface area (Å²) in [4.78, 5) is 13.0. The Balaban J connectivity index is 1.49. The Hall–Kier alpha value is -2.01. The van der Waals surface area contributed by atoms with E-state index in [1.165, 1.54) is 19.3 Å². The van der Waals surface area contributed by atoms with E-state index in [1.54, 1.807) is 35.1 Å². The smallest absolute Gasteiger partial charge is 0.288 e. The van der Waals surface area contributed by atoms with Crippen molar-refractivity contribution in [3.05, 3.63) is 45.8 Å². The van der Waals surface area contributed by atoms with Gasteiger partial charge in [-0.05, 0) is 80.5 Å². The van der Waals surface area contributed by atoms with Crippen molar-refractivity contribution in [3.8, 4) is 5.75 Å². The first-order valence-corrected chi connectivity index (χ1v) is 9.75. The van der Waals surface area contributed by atoms with Crippen LogP contribution in [0.2, 0.25) is 5.02 Å². The molecule has 5 nitrogen and oxygen atoms in total. The van der Waals surface area contributed by atoms with E-state index in [1.807, 2.05) is 0 Å². The number of anilines is 2. The number of aromatic hydroxyl groups is 1. The maximum atomic E-state index is 13.0. The van der Waals surface area contributed by atoms with Crippen LogP contribution in [0.1, 0.15) is 38.5 Å². The summed E-state index contributed by atoms with van der Waals surface area (Å²) in [6.07, 6.45) is 8.81. The minimum atomic E-state index is -0.197. The van der Waals surface area contributed by atoms with Crippen LogP contribution in [-0.4, -0.2) is 14.9 Å². The van der Waals surface area contributed by atoms with E-state index in [-0.39, 0.29) is 21.9 Å². The van der Waals surface area contributed by atoms with E-state index in [0.717, 1.165) is 42.7 Å². The number of hydrogen-bond donors (Lipinski definition) is 2. The standard InChI is InChI=1S/C20H22ClN3O2/c21-18-17(23-15-1-3-16(25)4-2-15)11-22-24(19(18)26)20-8-12-5-13(9-20)7-14(6-12)10-20/h1-4,11-14,23,25H,5-10H2. The Labute approximate surface area is 157 Å². The van der Waals surface area contributed by atoms with Crippen LogP contribution >= 0.6 is 11.6 Å². The van der Waals surface area contributed by atoms with Crippen molar-refractivity contribution in [2.45, 2.75) is 44.1 Å². The van der Waals surface area contributed by atoms with Crippen LogP contribution in [0.3, 0.4) is 0 Å². The minimum Gasteiger partial charge on any atom is -0.508 e. The molecule has 4 aliphatic carbocycles. The fourth-order valence-electron chi connectivity index (χ4n) is 5.88. The van der Waals surface area contributed by atoms with Crippen LogP contribution in [0.5, 0.6) is 5.75 Å². The molecule has 4 saturated carbocycles. The van der Waals surface area contributed by atoms with Gasteiger partial charge in [-0.25, -0.2) is 4.68 Å². The molecule has 4 aliphatic rings. The van der Waals surface area contributed by atoms with Gasteiger partial charge in [0.15, 0.2) is 0 Å². The summed E-state index contributed by atoms with van der Waals surface area (Å²) < 4.78 is 1.70. The maximum absolute atomic E-state index is 13.0. The molecular formula is C20H22ClN3O2. The summed E-state index contributed by atoms with van der Waals surface area (Å²) in [5.74, 6) is 2.41. The lowest BCUT2D eigenvalue weighted by atomic mass is 9.53.